The van der Waals surface area contributed by atoms with E-state index in [1.165, 1.54) is 76.2 Å². The first-order valence-electron chi connectivity index (χ1n) is 10.4. The second kappa shape index (κ2) is 14.3. The largest absolute Gasteiger partial charge is 0.504 e. The van der Waals surface area contributed by atoms with Crippen LogP contribution in [0, 0.1) is 7.14 Å². The summed E-state index contributed by atoms with van der Waals surface area (Å²) in [5.74, 6) is 0.201. The second-order valence-electron chi connectivity index (χ2n) is 7.32. The fourth-order valence-electron chi connectivity index (χ4n) is 3.45. The maximum atomic E-state index is 10.5. The van der Waals surface area contributed by atoms with E-state index in [0.717, 1.165) is 32.0 Å². The van der Waals surface area contributed by atoms with Gasteiger partial charge < -0.3 is 10.2 Å². The molecule has 2 nitrogen and oxygen atoms in total. The molecule has 0 aliphatic heterocycles. The Hall–Kier alpha value is 0.280. The van der Waals surface area contributed by atoms with E-state index < -0.39 is 0 Å². The molecule has 0 bridgehead atoms. The highest BCUT2D eigenvalue weighted by Gasteiger charge is 2.20. The summed E-state index contributed by atoms with van der Waals surface area (Å²) >= 11 is 4.51. The summed E-state index contributed by atoms with van der Waals surface area (Å²) in [6.07, 6.45) is 17.0. The van der Waals surface area contributed by atoms with Crippen molar-refractivity contribution in [2.45, 2.75) is 104 Å². The van der Waals surface area contributed by atoms with Crippen molar-refractivity contribution in [1.29, 1.82) is 0 Å². The Labute approximate surface area is 187 Å². The van der Waals surface area contributed by atoms with E-state index in [0.29, 0.717) is 0 Å². The Morgan fingerprint density at radius 3 is 1.46 bits per heavy atom. The summed E-state index contributed by atoms with van der Waals surface area (Å²) in [6.45, 7) is 4.49. The summed E-state index contributed by atoms with van der Waals surface area (Å²) in [5.41, 5.74) is 2.27. The van der Waals surface area contributed by atoms with Crippen molar-refractivity contribution >= 4 is 45.2 Å². The van der Waals surface area contributed by atoms with Gasteiger partial charge in [0.1, 0.15) is 0 Å². The van der Waals surface area contributed by atoms with Crippen LogP contribution < -0.4 is 0 Å². The first-order chi connectivity index (χ1) is 12.5. The van der Waals surface area contributed by atoms with Gasteiger partial charge in [-0.1, -0.05) is 78.1 Å². The lowest BCUT2D eigenvalue weighted by Crippen LogP contribution is -2.02. The second-order valence-corrected chi connectivity index (χ2v) is 9.48. The number of phenolic OH excluding ortho intramolecular Hbond substituents is 2. The van der Waals surface area contributed by atoms with E-state index in [9.17, 15) is 10.2 Å². The molecule has 0 aliphatic carbocycles. The maximum absolute atomic E-state index is 10.5. The highest BCUT2D eigenvalue weighted by atomic mass is 127. The molecule has 1 rings (SSSR count). The quantitative estimate of drug-likeness (QED) is 0.131. The van der Waals surface area contributed by atoms with Crippen LogP contribution >= 0.6 is 45.2 Å². The van der Waals surface area contributed by atoms with Crippen LogP contribution in [0.3, 0.4) is 0 Å². The van der Waals surface area contributed by atoms with Crippen LogP contribution in [0.5, 0.6) is 11.5 Å². The van der Waals surface area contributed by atoms with E-state index in [1.807, 2.05) is 0 Å². The fraction of sp³-hybridized carbons (Fsp3) is 0.727. The predicted molar refractivity (Wildman–Crippen MR) is 129 cm³/mol. The van der Waals surface area contributed by atoms with Crippen LogP contribution in [0.2, 0.25) is 0 Å². The van der Waals surface area contributed by atoms with E-state index in [4.69, 9.17) is 0 Å². The molecular formula is C22H36I2O2. The normalized spacial score (nSPS) is 11.2. The molecule has 0 unspecified atom stereocenters. The van der Waals surface area contributed by atoms with Gasteiger partial charge in [-0.3, -0.25) is 0 Å². The summed E-state index contributed by atoms with van der Waals surface area (Å²) in [7, 11) is 0. The van der Waals surface area contributed by atoms with Crippen molar-refractivity contribution in [1.82, 2.24) is 0 Å². The monoisotopic (exact) mass is 586 g/mol. The molecule has 0 fully saturated rings. The topological polar surface area (TPSA) is 40.5 Å². The van der Waals surface area contributed by atoms with E-state index in [-0.39, 0.29) is 11.5 Å². The Kier molecular flexibility index (Phi) is 13.4. The van der Waals surface area contributed by atoms with Crippen molar-refractivity contribution in [2.75, 3.05) is 0 Å². The van der Waals surface area contributed by atoms with Crippen LogP contribution in [-0.2, 0) is 12.8 Å². The van der Waals surface area contributed by atoms with Gasteiger partial charge in [-0.15, -0.1) is 0 Å². The molecule has 4 heteroatoms. The fourth-order valence-corrected chi connectivity index (χ4v) is 4.88. The first kappa shape index (κ1) is 24.3. The molecule has 0 heterocycles. The van der Waals surface area contributed by atoms with Gasteiger partial charge in [0.2, 0.25) is 0 Å². The minimum Gasteiger partial charge on any atom is -0.504 e. The Morgan fingerprint density at radius 1 is 0.538 bits per heavy atom. The van der Waals surface area contributed by atoms with E-state index >= 15 is 0 Å². The Bertz CT molecular complexity index is 483. The van der Waals surface area contributed by atoms with Crippen LogP contribution in [-0.4, -0.2) is 10.2 Å². The van der Waals surface area contributed by atoms with E-state index in [1.54, 1.807) is 0 Å². The highest BCUT2D eigenvalue weighted by Crippen LogP contribution is 2.41. The van der Waals surface area contributed by atoms with Gasteiger partial charge in [-0.2, -0.15) is 0 Å². The van der Waals surface area contributed by atoms with Gasteiger partial charge in [0, 0.05) is 9.13 Å². The van der Waals surface area contributed by atoms with Crippen LogP contribution in [0.15, 0.2) is 0 Å². The Balaban J connectivity index is 2.70. The average Bonchev–Trinajstić information content (AvgIpc) is 2.64. The number of halogens is 2. The third kappa shape index (κ3) is 8.11. The molecule has 0 saturated carbocycles. The lowest BCUT2D eigenvalue weighted by Gasteiger charge is -2.17. The molecule has 0 amide bonds. The number of hydrogen-bond donors (Lipinski definition) is 2. The average molecular weight is 586 g/mol. The third-order valence-corrected chi connectivity index (χ3v) is 8.37. The van der Waals surface area contributed by atoms with Crippen molar-refractivity contribution in [2.24, 2.45) is 0 Å². The van der Waals surface area contributed by atoms with Gasteiger partial charge in [0.15, 0.2) is 11.5 Å². The van der Waals surface area contributed by atoms with Crippen LogP contribution in [0.4, 0.5) is 0 Å². The Morgan fingerprint density at radius 2 is 0.962 bits per heavy atom. The SMILES string of the molecule is CCCCCCCCc1c(O)c(O)c(I)c(I)c1CCCCCCCC. The molecule has 2 N–H and O–H groups in total. The van der Waals surface area contributed by atoms with E-state index in [2.05, 4.69) is 59.0 Å². The molecule has 0 aromatic heterocycles. The zero-order valence-corrected chi connectivity index (χ0v) is 20.9. The molecular weight excluding hydrogens is 550 g/mol. The standard InChI is InChI=1S/C22H36I2O2/c1-3-5-7-9-11-13-15-17-18(16-14-12-10-8-6-4-2)21(25)22(26)20(24)19(17)23/h25-26H,3-16H2,1-2H3. The lowest BCUT2D eigenvalue weighted by molar-refractivity contribution is 0.394. The van der Waals surface area contributed by atoms with Crippen LogP contribution in [0.1, 0.15) is 102 Å². The van der Waals surface area contributed by atoms with Gasteiger partial charge in [-0.25, -0.2) is 0 Å². The molecule has 1 aromatic rings. The van der Waals surface area contributed by atoms with Gasteiger partial charge in [0.25, 0.3) is 0 Å². The zero-order valence-electron chi connectivity index (χ0n) is 16.5. The molecule has 150 valence electrons. The van der Waals surface area contributed by atoms with Crippen LogP contribution in [0.25, 0.3) is 0 Å². The van der Waals surface area contributed by atoms with Crippen molar-refractivity contribution in [3.63, 3.8) is 0 Å². The van der Waals surface area contributed by atoms with Gasteiger partial charge in [0.05, 0.1) is 3.57 Å². The molecule has 0 atom stereocenters. The lowest BCUT2D eigenvalue weighted by atomic mass is 9.95. The first-order valence-corrected chi connectivity index (χ1v) is 12.6. The highest BCUT2D eigenvalue weighted by molar-refractivity contribution is 14.1. The summed E-state index contributed by atoms with van der Waals surface area (Å²) in [4.78, 5) is 0. The smallest absolute Gasteiger partial charge is 0.172 e. The molecule has 0 spiro atoms. The number of unbranched alkanes of at least 4 members (excludes halogenated alkanes) is 10. The third-order valence-electron chi connectivity index (χ3n) is 5.10. The number of benzene rings is 1. The van der Waals surface area contributed by atoms with Crippen molar-refractivity contribution in [3.8, 4) is 11.5 Å². The predicted octanol–water partition coefficient (Wildman–Crippen LogP) is 8.11. The number of rotatable bonds is 14. The molecule has 26 heavy (non-hydrogen) atoms. The molecule has 1 aromatic carbocycles. The number of phenols is 2. The van der Waals surface area contributed by atoms with Gasteiger partial charge in [-0.05, 0) is 76.4 Å². The molecule has 0 saturated heterocycles. The van der Waals surface area contributed by atoms with Crippen molar-refractivity contribution in [3.05, 3.63) is 18.3 Å². The number of aromatic hydroxyl groups is 2. The zero-order chi connectivity index (χ0) is 19.4. The van der Waals surface area contributed by atoms with Gasteiger partial charge >= 0.3 is 0 Å². The summed E-state index contributed by atoms with van der Waals surface area (Å²) in [6, 6.07) is 0. The summed E-state index contributed by atoms with van der Waals surface area (Å²) in [5, 5.41) is 20.8. The minimum atomic E-state index is 0.0719. The molecule has 0 radical (unpaired) electrons. The maximum Gasteiger partial charge on any atom is 0.172 e. The number of hydrogen-bond acceptors (Lipinski definition) is 2. The minimum absolute atomic E-state index is 0.0719. The van der Waals surface area contributed by atoms with Crippen molar-refractivity contribution < 1.29 is 10.2 Å². The molecule has 0 aliphatic rings. The summed E-state index contributed by atoms with van der Waals surface area (Å²) < 4.78 is 1.93.